The van der Waals surface area contributed by atoms with E-state index >= 15 is 0 Å². The monoisotopic (exact) mass is 576 g/mol. The van der Waals surface area contributed by atoms with E-state index < -0.39 is 5.54 Å². The van der Waals surface area contributed by atoms with E-state index in [9.17, 15) is 9.59 Å². The largest absolute Gasteiger partial charge is 0.357 e. The number of halogens is 1. The van der Waals surface area contributed by atoms with E-state index in [-0.39, 0.29) is 35.9 Å². The number of amides is 3. The van der Waals surface area contributed by atoms with Gasteiger partial charge < -0.3 is 16.0 Å². The van der Waals surface area contributed by atoms with E-state index in [0.29, 0.717) is 38.5 Å². The Hall–Kier alpha value is -1.40. The lowest BCUT2D eigenvalue weighted by Gasteiger charge is -2.25. The first-order valence-electron chi connectivity index (χ1n) is 11.4. The van der Waals surface area contributed by atoms with Gasteiger partial charge in [-0.05, 0) is 64.1 Å². The van der Waals surface area contributed by atoms with Crippen LogP contribution in [0.5, 0.6) is 0 Å². The van der Waals surface area contributed by atoms with Crippen molar-refractivity contribution in [2.75, 3.05) is 39.3 Å². The van der Waals surface area contributed by atoms with Crippen LogP contribution in [0.1, 0.15) is 57.4 Å². The van der Waals surface area contributed by atoms with Gasteiger partial charge in [0, 0.05) is 24.5 Å². The fourth-order valence-corrected chi connectivity index (χ4v) is 4.92. The molecule has 0 radical (unpaired) electrons. The number of urea groups is 1. The molecule has 2 atom stereocenters. The number of imide groups is 1. The van der Waals surface area contributed by atoms with Crippen molar-refractivity contribution < 1.29 is 9.59 Å². The number of carbonyl (C=O) groups is 2. The number of carbonyl (C=O) groups excluding carboxylic acids is 2. The third kappa shape index (κ3) is 6.57. The van der Waals surface area contributed by atoms with Crippen molar-refractivity contribution in [1.29, 1.82) is 0 Å². The molecule has 3 rings (SSSR count). The Morgan fingerprint density at radius 3 is 2.62 bits per heavy atom. The van der Waals surface area contributed by atoms with Gasteiger partial charge in [0.25, 0.3) is 5.91 Å². The standard InChI is InChI=1S/C22H36N6O2S.HI/c1-4-22(3)19(29)28(21(30)26-22)14-9-11-24-20(23-5-2)25-16-17(18-10-8-15-31-18)27-12-6-7-13-27;/h8,10,15,17H,4-7,9,11-14,16H2,1-3H3,(H,26,30)(H2,23,24,25);1H. The molecule has 0 bridgehead atoms. The van der Waals surface area contributed by atoms with Crippen LogP contribution >= 0.6 is 35.3 Å². The quantitative estimate of drug-likeness (QED) is 0.131. The summed E-state index contributed by atoms with van der Waals surface area (Å²) < 4.78 is 0. The van der Waals surface area contributed by atoms with Gasteiger partial charge in [0.2, 0.25) is 0 Å². The molecule has 0 aromatic carbocycles. The summed E-state index contributed by atoms with van der Waals surface area (Å²) in [5.74, 6) is 0.642. The van der Waals surface area contributed by atoms with Crippen LogP contribution in [-0.4, -0.2) is 72.5 Å². The predicted octanol–water partition coefficient (Wildman–Crippen LogP) is 3.17. The summed E-state index contributed by atoms with van der Waals surface area (Å²) in [7, 11) is 0. The Balaban J connectivity index is 0.00000363. The number of nitrogens with one attached hydrogen (secondary N) is 3. The summed E-state index contributed by atoms with van der Waals surface area (Å²) in [5, 5.41) is 11.6. The van der Waals surface area contributed by atoms with Gasteiger partial charge in [0.15, 0.2) is 5.96 Å². The SMILES string of the molecule is CCNC(=NCC(c1cccs1)N1CCCC1)NCCCN1C(=O)NC(C)(CC)C1=O.I. The highest BCUT2D eigenvalue weighted by Gasteiger charge is 2.45. The summed E-state index contributed by atoms with van der Waals surface area (Å²) in [6.07, 6.45) is 3.77. The maximum atomic E-state index is 12.5. The van der Waals surface area contributed by atoms with Gasteiger partial charge in [-0.2, -0.15) is 0 Å². The molecule has 2 fully saturated rings. The van der Waals surface area contributed by atoms with Crippen LogP contribution < -0.4 is 16.0 Å². The minimum Gasteiger partial charge on any atom is -0.357 e. The lowest BCUT2D eigenvalue weighted by molar-refractivity contribution is -0.130. The van der Waals surface area contributed by atoms with Gasteiger partial charge >= 0.3 is 6.03 Å². The summed E-state index contributed by atoms with van der Waals surface area (Å²) in [5.41, 5.74) is -0.771. The first kappa shape index (κ1) is 26.8. The molecule has 2 aliphatic rings. The molecule has 3 amide bonds. The number of thiophene rings is 1. The van der Waals surface area contributed by atoms with Gasteiger partial charge in [-0.3, -0.25) is 19.6 Å². The number of aliphatic imine (C=N–C) groups is 1. The molecule has 3 heterocycles. The molecule has 3 N–H and O–H groups in total. The average molecular weight is 577 g/mol. The first-order valence-corrected chi connectivity index (χ1v) is 12.3. The second-order valence-electron chi connectivity index (χ2n) is 8.35. The van der Waals surface area contributed by atoms with E-state index in [1.54, 1.807) is 18.3 Å². The number of hydrogen-bond donors (Lipinski definition) is 3. The Morgan fingerprint density at radius 1 is 1.28 bits per heavy atom. The molecule has 10 heteroatoms. The summed E-state index contributed by atoms with van der Waals surface area (Å²) in [6, 6.07) is 4.33. The zero-order chi connectivity index (χ0) is 22.3. The smallest absolute Gasteiger partial charge is 0.325 e. The third-order valence-corrected chi connectivity index (χ3v) is 7.10. The normalized spacial score (nSPS) is 22.6. The van der Waals surface area contributed by atoms with Crippen LogP contribution in [0.4, 0.5) is 4.79 Å². The molecule has 8 nitrogen and oxygen atoms in total. The molecule has 32 heavy (non-hydrogen) atoms. The van der Waals surface area contributed by atoms with Crippen LogP contribution in [0.2, 0.25) is 0 Å². The third-order valence-electron chi connectivity index (χ3n) is 6.12. The Kier molecular flexibility index (Phi) is 10.7. The minimum absolute atomic E-state index is 0. The van der Waals surface area contributed by atoms with Crippen molar-refractivity contribution in [2.24, 2.45) is 4.99 Å². The minimum atomic E-state index is -0.771. The predicted molar refractivity (Wildman–Crippen MR) is 141 cm³/mol. The van der Waals surface area contributed by atoms with Gasteiger partial charge in [0.1, 0.15) is 5.54 Å². The van der Waals surface area contributed by atoms with Crippen LogP contribution in [0, 0.1) is 0 Å². The fraction of sp³-hybridized carbons (Fsp3) is 0.682. The summed E-state index contributed by atoms with van der Waals surface area (Å²) in [4.78, 5) is 34.7. The van der Waals surface area contributed by atoms with Gasteiger partial charge in [-0.15, -0.1) is 35.3 Å². The van der Waals surface area contributed by atoms with E-state index in [1.165, 1.54) is 22.6 Å². The fourth-order valence-electron chi connectivity index (χ4n) is 4.07. The molecular formula is C22H37IN6O2S. The van der Waals surface area contributed by atoms with E-state index in [2.05, 4.69) is 38.4 Å². The molecule has 1 aromatic rings. The maximum Gasteiger partial charge on any atom is 0.325 e. The Labute approximate surface area is 212 Å². The van der Waals surface area contributed by atoms with Crippen LogP contribution in [0.15, 0.2) is 22.5 Å². The number of likely N-dealkylation sites (tertiary alicyclic amines) is 1. The lowest BCUT2D eigenvalue weighted by Crippen LogP contribution is -2.43. The van der Waals surface area contributed by atoms with Gasteiger partial charge in [0.05, 0.1) is 12.6 Å². The molecular weight excluding hydrogens is 539 g/mol. The molecule has 2 aliphatic heterocycles. The molecule has 1 aromatic heterocycles. The highest BCUT2D eigenvalue weighted by atomic mass is 127. The topological polar surface area (TPSA) is 89.1 Å². The van der Waals surface area contributed by atoms with Crippen LogP contribution in [0.3, 0.4) is 0 Å². The lowest BCUT2D eigenvalue weighted by atomic mass is 9.99. The zero-order valence-electron chi connectivity index (χ0n) is 19.4. The zero-order valence-corrected chi connectivity index (χ0v) is 22.5. The number of nitrogens with zero attached hydrogens (tertiary/aromatic N) is 3. The number of guanidine groups is 1. The number of rotatable bonds is 10. The van der Waals surface area contributed by atoms with Crippen molar-refractivity contribution in [3.8, 4) is 0 Å². The Bertz CT molecular complexity index is 768. The summed E-state index contributed by atoms with van der Waals surface area (Å²) >= 11 is 1.79. The highest BCUT2D eigenvalue weighted by Crippen LogP contribution is 2.28. The highest BCUT2D eigenvalue weighted by molar-refractivity contribution is 14.0. The molecule has 2 unspecified atom stereocenters. The molecule has 2 saturated heterocycles. The van der Waals surface area contributed by atoms with Crippen molar-refractivity contribution in [2.45, 2.75) is 58.0 Å². The van der Waals surface area contributed by atoms with Crippen molar-refractivity contribution >= 4 is 53.2 Å². The van der Waals surface area contributed by atoms with Crippen molar-refractivity contribution in [3.05, 3.63) is 22.4 Å². The molecule has 180 valence electrons. The van der Waals surface area contributed by atoms with Crippen LogP contribution in [-0.2, 0) is 4.79 Å². The van der Waals surface area contributed by atoms with E-state index in [0.717, 1.165) is 25.6 Å². The van der Waals surface area contributed by atoms with E-state index in [4.69, 9.17) is 4.99 Å². The average Bonchev–Trinajstić information content (AvgIpc) is 3.51. The second-order valence-corrected chi connectivity index (χ2v) is 9.33. The summed E-state index contributed by atoms with van der Waals surface area (Å²) in [6.45, 7) is 10.5. The molecule has 0 saturated carbocycles. The molecule has 0 spiro atoms. The second kappa shape index (κ2) is 12.7. The van der Waals surface area contributed by atoms with Gasteiger partial charge in [-0.25, -0.2) is 4.79 Å². The van der Waals surface area contributed by atoms with Gasteiger partial charge in [-0.1, -0.05) is 13.0 Å². The van der Waals surface area contributed by atoms with E-state index in [1.807, 2.05) is 13.8 Å². The van der Waals surface area contributed by atoms with Crippen LogP contribution in [0.25, 0.3) is 0 Å². The maximum absolute atomic E-state index is 12.5. The number of hydrogen-bond acceptors (Lipinski definition) is 5. The molecule has 0 aliphatic carbocycles. The van der Waals surface area contributed by atoms with Crippen molar-refractivity contribution in [1.82, 2.24) is 25.8 Å². The van der Waals surface area contributed by atoms with Crippen molar-refractivity contribution in [3.63, 3.8) is 0 Å². The first-order chi connectivity index (χ1) is 15.0. The Morgan fingerprint density at radius 2 is 2.03 bits per heavy atom.